The van der Waals surface area contributed by atoms with Crippen molar-refractivity contribution in [3.8, 4) is 5.75 Å². The van der Waals surface area contributed by atoms with Gasteiger partial charge in [-0.1, -0.05) is 58.2 Å². The Labute approximate surface area is 173 Å². The minimum Gasteiger partial charge on any atom is -0.494 e. The summed E-state index contributed by atoms with van der Waals surface area (Å²) in [5.41, 5.74) is 2.61. The van der Waals surface area contributed by atoms with Gasteiger partial charge in [0.2, 0.25) is 0 Å². The number of ether oxygens (including phenoxy) is 1. The lowest BCUT2D eigenvalue weighted by Crippen LogP contribution is -2.34. The molecule has 1 amide bonds. The van der Waals surface area contributed by atoms with Crippen molar-refractivity contribution in [1.29, 1.82) is 0 Å². The Morgan fingerprint density at radius 3 is 2.43 bits per heavy atom. The second-order valence-electron chi connectivity index (χ2n) is 7.08. The summed E-state index contributed by atoms with van der Waals surface area (Å²) in [6.45, 7) is 7.13. The SMILES string of the molecule is CCCCCCOc1ccc(C(=O)NC(=S)Nc2ccccc2C(C)C)cc1. The van der Waals surface area contributed by atoms with E-state index in [1.807, 2.05) is 30.3 Å². The summed E-state index contributed by atoms with van der Waals surface area (Å²) in [5.74, 6) is 0.894. The van der Waals surface area contributed by atoms with E-state index >= 15 is 0 Å². The number of unbranched alkanes of at least 4 members (excludes halogenated alkanes) is 3. The number of carbonyl (C=O) groups excluding carboxylic acids is 1. The smallest absolute Gasteiger partial charge is 0.257 e. The Bertz CT molecular complexity index is 772. The highest BCUT2D eigenvalue weighted by molar-refractivity contribution is 7.80. The largest absolute Gasteiger partial charge is 0.494 e. The predicted octanol–water partition coefficient (Wildman–Crippen LogP) is 5.90. The predicted molar refractivity (Wildman–Crippen MR) is 120 cm³/mol. The number of benzene rings is 2. The summed E-state index contributed by atoms with van der Waals surface area (Å²) < 4.78 is 5.71. The first kappa shape index (κ1) is 21.9. The molecular formula is C23H30N2O2S. The third kappa shape index (κ3) is 6.97. The van der Waals surface area contributed by atoms with Gasteiger partial charge in [-0.15, -0.1) is 0 Å². The molecule has 2 N–H and O–H groups in total. The second-order valence-corrected chi connectivity index (χ2v) is 7.49. The second kappa shape index (κ2) is 11.4. The molecule has 0 saturated carbocycles. The van der Waals surface area contributed by atoms with Gasteiger partial charge in [0.25, 0.3) is 5.91 Å². The molecular weight excluding hydrogens is 368 g/mol. The van der Waals surface area contributed by atoms with Gasteiger partial charge in [0.15, 0.2) is 5.11 Å². The monoisotopic (exact) mass is 398 g/mol. The Morgan fingerprint density at radius 1 is 1.04 bits per heavy atom. The van der Waals surface area contributed by atoms with Crippen LogP contribution in [0.5, 0.6) is 5.75 Å². The third-order valence-electron chi connectivity index (χ3n) is 4.44. The van der Waals surface area contributed by atoms with Crippen molar-refractivity contribution in [3.63, 3.8) is 0 Å². The zero-order chi connectivity index (χ0) is 20.4. The lowest BCUT2D eigenvalue weighted by atomic mass is 10.0. The average molecular weight is 399 g/mol. The molecule has 0 radical (unpaired) electrons. The summed E-state index contributed by atoms with van der Waals surface area (Å²) >= 11 is 5.31. The minimum absolute atomic E-state index is 0.242. The van der Waals surface area contributed by atoms with Crippen LogP contribution < -0.4 is 15.4 Å². The van der Waals surface area contributed by atoms with Crippen molar-refractivity contribution in [1.82, 2.24) is 5.32 Å². The van der Waals surface area contributed by atoms with Crippen LogP contribution in [0.25, 0.3) is 0 Å². The molecule has 0 aliphatic heterocycles. The van der Waals surface area contributed by atoms with E-state index in [1.165, 1.54) is 19.3 Å². The van der Waals surface area contributed by atoms with Crippen molar-refractivity contribution >= 4 is 28.9 Å². The summed E-state index contributed by atoms with van der Waals surface area (Å²) in [7, 11) is 0. The van der Waals surface area contributed by atoms with Crippen LogP contribution in [-0.2, 0) is 0 Å². The number of hydrogen-bond acceptors (Lipinski definition) is 3. The number of rotatable bonds is 9. The lowest BCUT2D eigenvalue weighted by Gasteiger charge is -2.15. The molecule has 5 heteroatoms. The van der Waals surface area contributed by atoms with E-state index in [0.29, 0.717) is 18.1 Å². The van der Waals surface area contributed by atoms with E-state index < -0.39 is 0 Å². The molecule has 0 aromatic heterocycles. The van der Waals surface area contributed by atoms with Gasteiger partial charge in [0.1, 0.15) is 5.75 Å². The van der Waals surface area contributed by atoms with E-state index in [0.717, 1.165) is 23.4 Å². The number of nitrogens with one attached hydrogen (secondary N) is 2. The molecule has 28 heavy (non-hydrogen) atoms. The topological polar surface area (TPSA) is 50.4 Å². The lowest BCUT2D eigenvalue weighted by molar-refractivity contribution is 0.0977. The molecule has 2 rings (SSSR count). The zero-order valence-corrected chi connectivity index (χ0v) is 17.8. The molecule has 0 saturated heterocycles. The van der Waals surface area contributed by atoms with Crippen LogP contribution in [0.4, 0.5) is 5.69 Å². The zero-order valence-electron chi connectivity index (χ0n) is 17.0. The maximum atomic E-state index is 12.4. The highest BCUT2D eigenvalue weighted by atomic mass is 32.1. The third-order valence-corrected chi connectivity index (χ3v) is 4.65. The fourth-order valence-corrected chi connectivity index (χ4v) is 3.07. The van der Waals surface area contributed by atoms with Gasteiger partial charge in [0, 0.05) is 11.3 Å². The number of para-hydroxylation sites is 1. The van der Waals surface area contributed by atoms with Gasteiger partial charge >= 0.3 is 0 Å². The molecule has 4 nitrogen and oxygen atoms in total. The number of carbonyl (C=O) groups is 1. The maximum Gasteiger partial charge on any atom is 0.257 e. The van der Waals surface area contributed by atoms with Gasteiger partial charge in [-0.3, -0.25) is 10.1 Å². The first-order valence-corrected chi connectivity index (χ1v) is 10.4. The van der Waals surface area contributed by atoms with Crippen molar-refractivity contribution in [3.05, 3.63) is 59.7 Å². The molecule has 150 valence electrons. The number of hydrogen-bond donors (Lipinski definition) is 2. The van der Waals surface area contributed by atoms with Gasteiger partial charge in [-0.25, -0.2) is 0 Å². The standard InChI is InChI=1S/C23H30N2O2S/c1-4-5-6-9-16-27-19-14-12-18(13-15-19)22(26)25-23(28)24-21-11-8-7-10-20(21)17(2)3/h7-8,10-15,17H,4-6,9,16H2,1-3H3,(H2,24,25,26,28). The van der Waals surface area contributed by atoms with Crippen molar-refractivity contribution in [2.45, 2.75) is 52.4 Å². The van der Waals surface area contributed by atoms with Gasteiger partial charge in [-0.05, 0) is 60.5 Å². The summed E-state index contributed by atoms with van der Waals surface area (Å²) in [5, 5.41) is 6.15. The van der Waals surface area contributed by atoms with Crippen LogP contribution in [0.2, 0.25) is 0 Å². The molecule has 0 aliphatic carbocycles. The molecule has 0 bridgehead atoms. The first-order chi connectivity index (χ1) is 13.5. The Balaban J connectivity index is 1.86. The first-order valence-electron chi connectivity index (χ1n) is 9.95. The molecule has 2 aromatic rings. The van der Waals surface area contributed by atoms with Gasteiger partial charge in [-0.2, -0.15) is 0 Å². The molecule has 0 fully saturated rings. The molecule has 0 spiro atoms. The average Bonchev–Trinajstić information content (AvgIpc) is 2.68. The number of amides is 1. The Morgan fingerprint density at radius 2 is 1.75 bits per heavy atom. The van der Waals surface area contributed by atoms with E-state index in [9.17, 15) is 4.79 Å². The van der Waals surface area contributed by atoms with Crippen LogP contribution in [0.3, 0.4) is 0 Å². The fraction of sp³-hybridized carbons (Fsp3) is 0.391. The maximum absolute atomic E-state index is 12.4. The summed E-state index contributed by atoms with van der Waals surface area (Å²) in [6, 6.07) is 15.1. The van der Waals surface area contributed by atoms with Crippen molar-refractivity contribution in [2.75, 3.05) is 11.9 Å². The van der Waals surface area contributed by atoms with Gasteiger partial charge in [0.05, 0.1) is 6.61 Å². The number of thiocarbonyl (C=S) groups is 1. The highest BCUT2D eigenvalue weighted by Gasteiger charge is 2.11. The molecule has 2 aromatic carbocycles. The van der Waals surface area contributed by atoms with Crippen molar-refractivity contribution < 1.29 is 9.53 Å². The highest BCUT2D eigenvalue weighted by Crippen LogP contribution is 2.23. The van der Waals surface area contributed by atoms with Crippen molar-refractivity contribution in [2.24, 2.45) is 0 Å². The Kier molecular flexibility index (Phi) is 8.95. The fourth-order valence-electron chi connectivity index (χ4n) is 2.86. The minimum atomic E-state index is -0.242. The quantitative estimate of drug-likeness (QED) is 0.408. The summed E-state index contributed by atoms with van der Waals surface area (Å²) in [6.07, 6.45) is 4.68. The van der Waals surface area contributed by atoms with E-state index in [1.54, 1.807) is 12.1 Å². The van der Waals surface area contributed by atoms with E-state index in [4.69, 9.17) is 17.0 Å². The van der Waals surface area contributed by atoms with Crippen LogP contribution in [-0.4, -0.2) is 17.6 Å². The van der Waals surface area contributed by atoms with Crippen LogP contribution in [0.1, 0.15) is 68.3 Å². The van der Waals surface area contributed by atoms with Gasteiger partial charge < -0.3 is 10.1 Å². The Hall–Kier alpha value is -2.40. The van der Waals surface area contributed by atoms with E-state index in [-0.39, 0.29) is 11.0 Å². The normalized spacial score (nSPS) is 10.6. The van der Waals surface area contributed by atoms with Crippen LogP contribution >= 0.6 is 12.2 Å². The van der Waals surface area contributed by atoms with Crippen LogP contribution in [0, 0.1) is 0 Å². The molecule has 0 atom stereocenters. The number of anilines is 1. The van der Waals surface area contributed by atoms with Crippen LogP contribution in [0.15, 0.2) is 48.5 Å². The molecule has 0 heterocycles. The molecule has 0 aliphatic rings. The van der Waals surface area contributed by atoms with E-state index in [2.05, 4.69) is 37.5 Å². The summed E-state index contributed by atoms with van der Waals surface area (Å²) in [4.78, 5) is 12.4. The molecule has 0 unspecified atom stereocenters.